The summed E-state index contributed by atoms with van der Waals surface area (Å²) in [7, 11) is 0. The molecule has 2 aromatic rings. The summed E-state index contributed by atoms with van der Waals surface area (Å²) in [5.74, 6) is 0.232. The lowest BCUT2D eigenvalue weighted by atomic mass is 9.94. The predicted molar refractivity (Wildman–Crippen MR) is 117 cm³/mol. The summed E-state index contributed by atoms with van der Waals surface area (Å²) in [5.41, 5.74) is 3.42. The second kappa shape index (κ2) is 10.1. The zero-order valence-electron chi connectivity index (χ0n) is 17.4. The smallest absolute Gasteiger partial charge is 0.246 e. The van der Waals surface area contributed by atoms with Crippen molar-refractivity contribution in [1.82, 2.24) is 9.80 Å². The molecule has 1 saturated heterocycles. The third-order valence-corrected chi connectivity index (χ3v) is 5.69. The molecule has 29 heavy (non-hydrogen) atoms. The molecule has 3 rings (SSSR count). The Balaban J connectivity index is 1.53. The van der Waals surface area contributed by atoms with Crippen molar-refractivity contribution in [3.8, 4) is 0 Å². The van der Waals surface area contributed by atoms with Crippen molar-refractivity contribution >= 4 is 17.9 Å². The third kappa shape index (κ3) is 5.57. The number of carbonyl (C=O) groups is 2. The van der Waals surface area contributed by atoms with E-state index in [0.29, 0.717) is 26.2 Å². The Kier molecular flexibility index (Phi) is 7.23. The minimum absolute atomic E-state index is 0.00104. The first-order valence-electron chi connectivity index (χ1n) is 10.4. The van der Waals surface area contributed by atoms with Crippen LogP contribution in [0.25, 0.3) is 6.08 Å². The second-order valence-electron chi connectivity index (χ2n) is 7.62. The molecule has 2 aromatic carbocycles. The molecule has 0 aliphatic carbocycles. The zero-order chi connectivity index (χ0) is 20.6. The largest absolute Gasteiger partial charge is 0.339 e. The molecule has 0 bridgehead atoms. The lowest BCUT2D eigenvalue weighted by Gasteiger charge is -2.33. The van der Waals surface area contributed by atoms with E-state index < -0.39 is 0 Å². The van der Waals surface area contributed by atoms with Gasteiger partial charge in [0.2, 0.25) is 11.8 Å². The van der Waals surface area contributed by atoms with Gasteiger partial charge in [-0.1, -0.05) is 54.6 Å². The van der Waals surface area contributed by atoms with E-state index in [1.807, 2.05) is 65.3 Å². The van der Waals surface area contributed by atoms with Crippen LogP contribution in [0.15, 0.2) is 60.7 Å². The Morgan fingerprint density at radius 3 is 2.34 bits per heavy atom. The molecule has 0 saturated carbocycles. The van der Waals surface area contributed by atoms with Gasteiger partial charge in [0.25, 0.3) is 0 Å². The molecule has 1 heterocycles. The number of likely N-dealkylation sites (tertiary alicyclic amines) is 1. The molecule has 0 N–H and O–H groups in total. The van der Waals surface area contributed by atoms with E-state index in [1.165, 1.54) is 11.1 Å². The van der Waals surface area contributed by atoms with Crippen LogP contribution >= 0.6 is 0 Å². The first-order valence-corrected chi connectivity index (χ1v) is 10.4. The van der Waals surface area contributed by atoms with Crippen LogP contribution in [0.4, 0.5) is 0 Å². The number of aryl methyl sites for hydroxylation is 1. The first kappa shape index (κ1) is 20.8. The van der Waals surface area contributed by atoms with Gasteiger partial charge in [0, 0.05) is 38.2 Å². The quantitative estimate of drug-likeness (QED) is 0.690. The average Bonchev–Trinajstić information content (AvgIpc) is 2.77. The van der Waals surface area contributed by atoms with Gasteiger partial charge in [-0.25, -0.2) is 0 Å². The standard InChI is InChI=1S/C25H30N2O2/c1-3-26(19-23-12-8-7-9-20(23)2)25(29)22-15-17-27(18-16-22)24(28)14-13-21-10-5-4-6-11-21/h4-14,22H,3,15-19H2,1-2H3/b14-13+. The van der Waals surface area contributed by atoms with Crippen molar-refractivity contribution in [2.45, 2.75) is 33.2 Å². The van der Waals surface area contributed by atoms with Crippen LogP contribution < -0.4 is 0 Å². The van der Waals surface area contributed by atoms with E-state index in [1.54, 1.807) is 6.08 Å². The number of nitrogens with zero attached hydrogens (tertiary/aromatic N) is 2. The molecule has 152 valence electrons. The molecule has 0 aromatic heterocycles. The van der Waals surface area contributed by atoms with Gasteiger partial charge in [-0.3, -0.25) is 9.59 Å². The van der Waals surface area contributed by atoms with E-state index in [9.17, 15) is 9.59 Å². The van der Waals surface area contributed by atoms with Gasteiger partial charge < -0.3 is 9.80 Å². The highest BCUT2D eigenvalue weighted by atomic mass is 16.2. The fraction of sp³-hybridized carbons (Fsp3) is 0.360. The summed E-state index contributed by atoms with van der Waals surface area (Å²) in [5, 5.41) is 0. The minimum atomic E-state index is 0.00104. The molecular weight excluding hydrogens is 360 g/mol. The SMILES string of the molecule is CCN(Cc1ccccc1C)C(=O)C1CCN(C(=O)/C=C/c2ccccc2)CC1. The van der Waals surface area contributed by atoms with E-state index in [2.05, 4.69) is 19.1 Å². The summed E-state index contributed by atoms with van der Waals surface area (Å²) in [6, 6.07) is 18.0. The summed E-state index contributed by atoms with van der Waals surface area (Å²) in [4.78, 5) is 29.3. The molecule has 1 aliphatic heterocycles. The zero-order valence-corrected chi connectivity index (χ0v) is 17.4. The van der Waals surface area contributed by atoms with Crippen LogP contribution in [0.2, 0.25) is 0 Å². The van der Waals surface area contributed by atoms with Crippen molar-refractivity contribution in [2.24, 2.45) is 5.92 Å². The molecular formula is C25H30N2O2. The number of benzene rings is 2. The molecule has 0 radical (unpaired) electrons. The molecule has 0 unspecified atom stereocenters. The van der Waals surface area contributed by atoms with Gasteiger partial charge in [0.1, 0.15) is 0 Å². The van der Waals surface area contributed by atoms with E-state index in [0.717, 1.165) is 18.4 Å². The number of rotatable bonds is 6. The number of carbonyl (C=O) groups excluding carboxylic acids is 2. The Morgan fingerprint density at radius 2 is 1.69 bits per heavy atom. The lowest BCUT2D eigenvalue weighted by molar-refractivity contribution is -0.139. The Morgan fingerprint density at radius 1 is 1.03 bits per heavy atom. The normalized spacial score (nSPS) is 14.9. The predicted octanol–water partition coefficient (Wildman–Crippen LogP) is 4.30. The van der Waals surface area contributed by atoms with E-state index in [-0.39, 0.29) is 17.7 Å². The average molecular weight is 391 g/mol. The van der Waals surface area contributed by atoms with Gasteiger partial charge in [0.05, 0.1) is 0 Å². The highest BCUT2D eigenvalue weighted by molar-refractivity contribution is 5.92. The maximum atomic E-state index is 13.0. The maximum absolute atomic E-state index is 13.0. The molecule has 4 heteroatoms. The van der Waals surface area contributed by atoms with E-state index in [4.69, 9.17) is 0 Å². The summed E-state index contributed by atoms with van der Waals surface area (Å²) in [6.07, 6.45) is 4.94. The van der Waals surface area contributed by atoms with Crippen molar-refractivity contribution in [3.63, 3.8) is 0 Å². The van der Waals surface area contributed by atoms with Crippen LogP contribution in [0.5, 0.6) is 0 Å². The Hall–Kier alpha value is -2.88. The molecule has 2 amide bonds. The monoisotopic (exact) mass is 390 g/mol. The highest BCUT2D eigenvalue weighted by Gasteiger charge is 2.29. The van der Waals surface area contributed by atoms with Gasteiger partial charge >= 0.3 is 0 Å². The number of amides is 2. The van der Waals surface area contributed by atoms with Crippen molar-refractivity contribution in [1.29, 1.82) is 0 Å². The maximum Gasteiger partial charge on any atom is 0.246 e. The van der Waals surface area contributed by atoms with Crippen molar-refractivity contribution in [3.05, 3.63) is 77.4 Å². The van der Waals surface area contributed by atoms with Gasteiger partial charge in [-0.15, -0.1) is 0 Å². The summed E-state index contributed by atoms with van der Waals surface area (Å²) in [6.45, 7) is 6.74. The number of hydrogen-bond donors (Lipinski definition) is 0. The lowest BCUT2D eigenvalue weighted by Crippen LogP contribution is -2.43. The highest BCUT2D eigenvalue weighted by Crippen LogP contribution is 2.22. The molecule has 0 spiro atoms. The molecule has 1 aliphatic rings. The van der Waals surface area contributed by atoms with Gasteiger partial charge in [0.15, 0.2) is 0 Å². The van der Waals surface area contributed by atoms with Gasteiger partial charge in [-0.2, -0.15) is 0 Å². The van der Waals surface area contributed by atoms with Crippen LogP contribution in [-0.2, 0) is 16.1 Å². The van der Waals surface area contributed by atoms with Gasteiger partial charge in [-0.05, 0) is 49.5 Å². The van der Waals surface area contributed by atoms with Crippen LogP contribution in [0.1, 0.15) is 36.5 Å². The van der Waals surface area contributed by atoms with Crippen molar-refractivity contribution in [2.75, 3.05) is 19.6 Å². The Bertz CT molecular complexity index is 852. The Labute approximate surface area is 173 Å². The topological polar surface area (TPSA) is 40.6 Å². The fourth-order valence-corrected chi connectivity index (χ4v) is 3.78. The van der Waals surface area contributed by atoms with Crippen molar-refractivity contribution < 1.29 is 9.59 Å². The number of piperidine rings is 1. The first-order chi connectivity index (χ1) is 14.1. The van der Waals surface area contributed by atoms with Crippen LogP contribution in [0.3, 0.4) is 0 Å². The molecule has 0 atom stereocenters. The molecule has 1 fully saturated rings. The van der Waals surface area contributed by atoms with E-state index >= 15 is 0 Å². The third-order valence-electron chi connectivity index (χ3n) is 5.69. The summed E-state index contributed by atoms with van der Waals surface area (Å²) < 4.78 is 0. The fourth-order valence-electron chi connectivity index (χ4n) is 3.78. The van der Waals surface area contributed by atoms with Crippen LogP contribution in [-0.4, -0.2) is 41.2 Å². The second-order valence-corrected chi connectivity index (χ2v) is 7.62. The summed E-state index contributed by atoms with van der Waals surface area (Å²) >= 11 is 0. The minimum Gasteiger partial charge on any atom is -0.339 e. The number of hydrogen-bond acceptors (Lipinski definition) is 2. The molecule has 4 nitrogen and oxygen atoms in total. The van der Waals surface area contributed by atoms with Crippen LogP contribution in [0, 0.1) is 12.8 Å².